The summed E-state index contributed by atoms with van der Waals surface area (Å²) < 4.78 is 41.8. The van der Waals surface area contributed by atoms with Crippen LogP contribution in [-0.2, 0) is 14.9 Å². The van der Waals surface area contributed by atoms with Gasteiger partial charge in [-0.15, -0.1) is 0 Å². The first-order chi connectivity index (χ1) is 16.6. The summed E-state index contributed by atoms with van der Waals surface area (Å²) in [4.78, 5) is 21.9. The van der Waals surface area contributed by atoms with Crippen LogP contribution in [0.15, 0.2) is 4.52 Å². The van der Waals surface area contributed by atoms with Crippen molar-refractivity contribution in [2.75, 3.05) is 26.2 Å². The molecule has 1 amide bonds. The lowest BCUT2D eigenvalue weighted by atomic mass is 9.78. The summed E-state index contributed by atoms with van der Waals surface area (Å²) in [5, 5.41) is 4.22. The maximum atomic E-state index is 15.1. The van der Waals surface area contributed by atoms with Crippen LogP contribution in [0.4, 0.5) is 8.78 Å². The molecule has 2 aliphatic heterocycles. The summed E-state index contributed by atoms with van der Waals surface area (Å²) >= 11 is 0. The number of alkyl halides is 2. The number of carbonyl (C=O) groups is 1. The van der Waals surface area contributed by atoms with Crippen LogP contribution in [0.25, 0.3) is 0 Å². The van der Waals surface area contributed by atoms with Crippen molar-refractivity contribution in [2.45, 2.75) is 114 Å². The topological polar surface area (TPSA) is 71.7 Å². The zero-order valence-corrected chi connectivity index (χ0v) is 21.3. The minimum absolute atomic E-state index is 0.0277. The SMILES string of the molecule is CC(C)N1CC[C@H](O[C@H]2CCCC(F)(F)[C@@H]2CC(=O)N2CCC(C)(c3noc(C4CC4)n3)CC2)C1. The van der Waals surface area contributed by atoms with Crippen molar-refractivity contribution in [2.24, 2.45) is 5.92 Å². The van der Waals surface area contributed by atoms with E-state index >= 15 is 8.78 Å². The van der Waals surface area contributed by atoms with Crippen molar-refractivity contribution >= 4 is 5.91 Å². The number of nitrogens with zero attached hydrogens (tertiary/aromatic N) is 4. The number of rotatable bonds is 7. The Hall–Kier alpha value is -1.61. The molecule has 3 atom stereocenters. The normalized spacial score (nSPS) is 31.3. The second-order valence-corrected chi connectivity index (χ2v) is 11.8. The lowest BCUT2D eigenvalue weighted by molar-refractivity contribution is -0.174. The monoisotopic (exact) mass is 494 g/mol. The van der Waals surface area contributed by atoms with Gasteiger partial charge in [-0.3, -0.25) is 9.69 Å². The van der Waals surface area contributed by atoms with Gasteiger partial charge in [0, 0.05) is 56.4 Å². The minimum Gasteiger partial charge on any atom is -0.373 e. The van der Waals surface area contributed by atoms with E-state index in [0.717, 1.165) is 38.2 Å². The fourth-order valence-electron chi connectivity index (χ4n) is 5.99. The van der Waals surface area contributed by atoms with Gasteiger partial charge in [-0.2, -0.15) is 4.98 Å². The fraction of sp³-hybridized carbons (Fsp3) is 0.885. The van der Waals surface area contributed by atoms with Gasteiger partial charge in [-0.1, -0.05) is 12.1 Å². The second-order valence-electron chi connectivity index (χ2n) is 11.8. The number of hydrogen-bond donors (Lipinski definition) is 0. The Balaban J connectivity index is 1.18. The van der Waals surface area contributed by atoms with Crippen LogP contribution in [0.3, 0.4) is 0 Å². The summed E-state index contributed by atoms with van der Waals surface area (Å²) in [6.07, 6.45) is 4.63. The molecule has 0 radical (unpaired) electrons. The third-order valence-electron chi connectivity index (χ3n) is 8.79. The maximum Gasteiger partial charge on any atom is 0.253 e. The number of likely N-dealkylation sites (tertiary alicyclic amines) is 2. The summed E-state index contributed by atoms with van der Waals surface area (Å²) in [6, 6.07) is 0.423. The maximum absolute atomic E-state index is 15.1. The van der Waals surface area contributed by atoms with Gasteiger partial charge in [-0.25, -0.2) is 8.78 Å². The van der Waals surface area contributed by atoms with Gasteiger partial charge in [0.25, 0.3) is 5.92 Å². The molecule has 2 saturated heterocycles. The van der Waals surface area contributed by atoms with Crippen molar-refractivity contribution in [1.82, 2.24) is 19.9 Å². The van der Waals surface area contributed by atoms with Crippen LogP contribution >= 0.6 is 0 Å². The summed E-state index contributed by atoms with van der Waals surface area (Å²) in [7, 11) is 0. The number of aromatic nitrogens is 2. The molecule has 9 heteroatoms. The molecule has 4 fully saturated rings. The fourth-order valence-corrected chi connectivity index (χ4v) is 5.99. The first kappa shape index (κ1) is 25.1. The van der Waals surface area contributed by atoms with E-state index in [-0.39, 0.29) is 30.3 Å². The van der Waals surface area contributed by atoms with Gasteiger partial charge in [0.1, 0.15) is 0 Å². The Kier molecular flexibility index (Phi) is 6.94. The van der Waals surface area contributed by atoms with E-state index in [1.165, 1.54) is 0 Å². The first-order valence-corrected chi connectivity index (χ1v) is 13.5. The quantitative estimate of drug-likeness (QED) is 0.555. The molecule has 0 aromatic carbocycles. The Labute approximate surface area is 206 Å². The molecular formula is C26H40F2N4O3. The van der Waals surface area contributed by atoms with E-state index < -0.39 is 17.9 Å². The van der Waals surface area contributed by atoms with Crippen LogP contribution in [-0.4, -0.2) is 76.2 Å². The zero-order chi connectivity index (χ0) is 24.8. The second kappa shape index (κ2) is 9.69. The smallest absolute Gasteiger partial charge is 0.253 e. The Morgan fingerprint density at radius 3 is 2.54 bits per heavy atom. The Bertz CT molecular complexity index is 895. The number of ether oxygens (including phenoxy) is 1. The molecule has 0 spiro atoms. The Morgan fingerprint density at radius 2 is 1.89 bits per heavy atom. The van der Waals surface area contributed by atoms with Crippen molar-refractivity contribution in [3.05, 3.63) is 11.7 Å². The van der Waals surface area contributed by atoms with Gasteiger partial charge in [-0.05, 0) is 58.8 Å². The lowest BCUT2D eigenvalue weighted by Gasteiger charge is -2.41. The van der Waals surface area contributed by atoms with E-state index in [4.69, 9.17) is 9.26 Å². The standard InChI is InChI=1S/C26H40F2N4O3/c1-17(2)32-12-8-19(16-32)34-21-5-4-9-26(27,28)20(21)15-22(33)31-13-10-25(3,11-14-31)24-29-23(35-30-24)18-6-7-18/h17-21H,4-16H2,1-3H3/t19-,20+,21-/m0/s1. The molecule has 5 rings (SSSR count). The number of hydrogen-bond acceptors (Lipinski definition) is 6. The van der Waals surface area contributed by atoms with Gasteiger partial charge in [0.15, 0.2) is 5.82 Å². The predicted octanol–water partition coefficient (Wildman–Crippen LogP) is 4.52. The van der Waals surface area contributed by atoms with Gasteiger partial charge in [0.2, 0.25) is 11.8 Å². The average molecular weight is 495 g/mol. The molecule has 0 unspecified atom stereocenters. The highest BCUT2D eigenvalue weighted by Crippen LogP contribution is 2.44. The molecule has 3 heterocycles. The summed E-state index contributed by atoms with van der Waals surface area (Å²) in [5.41, 5.74) is -0.251. The molecule has 7 nitrogen and oxygen atoms in total. The van der Waals surface area contributed by atoms with Crippen molar-refractivity contribution < 1.29 is 22.8 Å². The highest BCUT2D eigenvalue weighted by Gasteiger charge is 2.50. The number of halogens is 2. The highest BCUT2D eigenvalue weighted by atomic mass is 19.3. The van der Waals surface area contributed by atoms with E-state index in [1.807, 2.05) is 0 Å². The molecule has 1 aromatic rings. The van der Waals surface area contributed by atoms with E-state index in [2.05, 4.69) is 35.8 Å². The van der Waals surface area contributed by atoms with E-state index in [9.17, 15) is 4.79 Å². The number of carbonyl (C=O) groups excluding carboxylic acids is 1. The summed E-state index contributed by atoms with van der Waals surface area (Å²) in [5.74, 6) is -2.26. The van der Waals surface area contributed by atoms with Crippen molar-refractivity contribution in [3.8, 4) is 0 Å². The van der Waals surface area contributed by atoms with Gasteiger partial charge >= 0.3 is 0 Å². The lowest BCUT2D eigenvalue weighted by Crippen LogP contribution is -2.49. The van der Waals surface area contributed by atoms with Gasteiger partial charge < -0.3 is 14.2 Å². The van der Waals surface area contributed by atoms with Crippen LogP contribution in [0.2, 0.25) is 0 Å². The number of piperidine rings is 1. The molecule has 196 valence electrons. The van der Waals surface area contributed by atoms with Gasteiger partial charge in [0.05, 0.1) is 18.1 Å². The molecule has 1 aromatic heterocycles. The molecule has 0 bridgehead atoms. The van der Waals surface area contributed by atoms with Crippen molar-refractivity contribution in [3.63, 3.8) is 0 Å². The molecular weight excluding hydrogens is 454 g/mol. The minimum atomic E-state index is -2.87. The zero-order valence-electron chi connectivity index (χ0n) is 21.3. The van der Waals surface area contributed by atoms with E-state index in [0.29, 0.717) is 56.6 Å². The van der Waals surface area contributed by atoms with Crippen LogP contribution < -0.4 is 0 Å². The molecule has 2 saturated carbocycles. The largest absolute Gasteiger partial charge is 0.373 e. The third kappa shape index (κ3) is 5.41. The van der Waals surface area contributed by atoms with Crippen LogP contribution in [0.5, 0.6) is 0 Å². The molecule has 2 aliphatic carbocycles. The predicted molar refractivity (Wildman–Crippen MR) is 126 cm³/mol. The van der Waals surface area contributed by atoms with Crippen molar-refractivity contribution in [1.29, 1.82) is 0 Å². The number of amides is 1. The third-order valence-corrected chi connectivity index (χ3v) is 8.79. The van der Waals surface area contributed by atoms with Crippen LogP contribution in [0, 0.1) is 5.92 Å². The molecule has 35 heavy (non-hydrogen) atoms. The molecule has 0 N–H and O–H groups in total. The van der Waals surface area contributed by atoms with E-state index in [1.54, 1.807) is 4.90 Å². The molecule has 4 aliphatic rings. The van der Waals surface area contributed by atoms with Crippen LogP contribution in [0.1, 0.15) is 96.2 Å². The highest BCUT2D eigenvalue weighted by molar-refractivity contribution is 5.76. The average Bonchev–Trinajstić information content (AvgIpc) is 3.33. The summed E-state index contributed by atoms with van der Waals surface area (Å²) in [6.45, 7) is 9.17. The Morgan fingerprint density at radius 1 is 1.14 bits per heavy atom. The first-order valence-electron chi connectivity index (χ1n) is 13.5.